The first-order valence-corrected chi connectivity index (χ1v) is 12.9. The number of likely N-dealkylation sites (tertiary alicyclic amines) is 1. The summed E-state index contributed by atoms with van der Waals surface area (Å²) in [7, 11) is 0. The minimum atomic E-state index is -4.71. The zero-order valence-corrected chi connectivity index (χ0v) is 20.8. The maximum absolute atomic E-state index is 12.9. The number of halogens is 3. The third-order valence-electron chi connectivity index (χ3n) is 7.47. The van der Waals surface area contributed by atoms with Gasteiger partial charge in [0.05, 0.1) is 0 Å². The number of benzene rings is 2. The summed E-state index contributed by atoms with van der Waals surface area (Å²) < 4.78 is 41.7. The van der Waals surface area contributed by atoms with Crippen molar-refractivity contribution in [2.24, 2.45) is 17.8 Å². The molecule has 0 aliphatic carbocycles. The molecule has 1 amide bonds. The van der Waals surface area contributed by atoms with Gasteiger partial charge in [-0.1, -0.05) is 43.3 Å². The lowest BCUT2D eigenvalue weighted by molar-refractivity contribution is -0.274. The molecule has 36 heavy (non-hydrogen) atoms. The molecule has 2 fully saturated rings. The number of piperidine rings is 2. The van der Waals surface area contributed by atoms with Crippen LogP contribution < -0.4 is 15.0 Å². The summed E-state index contributed by atoms with van der Waals surface area (Å²) in [6.45, 7) is 7.17. The summed E-state index contributed by atoms with van der Waals surface area (Å²) >= 11 is 0. The maximum atomic E-state index is 12.9. The van der Waals surface area contributed by atoms with Crippen LogP contribution >= 0.6 is 0 Å². The molecule has 0 bridgehead atoms. The minimum absolute atomic E-state index is 0.0800. The molecule has 1 N–H and O–H groups in total. The second-order valence-electron chi connectivity index (χ2n) is 10.1. The van der Waals surface area contributed by atoms with Crippen molar-refractivity contribution in [3.63, 3.8) is 0 Å². The van der Waals surface area contributed by atoms with Gasteiger partial charge in [0.25, 0.3) is 0 Å². The van der Waals surface area contributed by atoms with Crippen LogP contribution in [-0.4, -0.2) is 49.9 Å². The number of carbonyl (C=O) groups excluding carboxylic acids is 1. The first kappa shape index (κ1) is 26.3. The topological polar surface area (TPSA) is 44.8 Å². The first-order chi connectivity index (χ1) is 17.3. The zero-order chi connectivity index (χ0) is 25.5. The van der Waals surface area contributed by atoms with Crippen LogP contribution in [0.3, 0.4) is 0 Å². The minimum Gasteiger partial charge on any atom is -0.406 e. The molecular weight excluding hydrogens is 467 g/mol. The van der Waals surface area contributed by atoms with Crippen LogP contribution in [-0.2, 0) is 11.3 Å². The highest BCUT2D eigenvalue weighted by molar-refractivity contribution is 5.79. The molecule has 0 aromatic heterocycles. The lowest BCUT2D eigenvalue weighted by Gasteiger charge is -2.37. The van der Waals surface area contributed by atoms with Gasteiger partial charge in [0.15, 0.2) is 0 Å². The molecule has 0 spiro atoms. The van der Waals surface area contributed by atoms with E-state index in [1.807, 2.05) is 17.9 Å². The van der Waals surface area contributed by atoms with Crippen molar-refractivity contribution in [1.29, 1.82) is 0 Å². The van der Waals surface area contributed by atoms with Gasteiger partial charge >= 0.3 is 6.36 Å². The number of nitrogens with zero attached hydrogens (tertiary/aromatic N) is 2. The molecule has 8 heteroatoms. The van der Waals surface area contributed by atoms with Crippen LogP contribution in [0.4, 0.5) is 18.9 Å². The molecule has 2 atom stereocenters. The van der Waals surface area contributed by atoms with Crippen LogP contribution in [0.2, 0.25) is 0 Å². The number of ether oxygens (including phenoxy) is 1. The van der Waals surface area contributed by atoms with E-state index in [0.29, 0.717) is 37.7 Å². The molecule has 2 aliphatic heterocycles. The van der Waals surface area contributed by atoms with Gasteiger partial charge in [-0.05, 0) is 68.3 Å². The van der Waals surface area contributed by atoms with E-state index in [9.17, 15) is 18.0 Å². The molecule has 0 saturated carbocycles. The number of anilines is 1. The molecule has 2 aromatic carbocycles. The van der Waals surface area contributed by atoms with Crippen LogP contribution in [0, 0.1) is 17.8 Å². The summed E-state index contributed by atoms with van der Waals surface area (Å²) in [5, 5.41) is 3.15. The number of alkyl halides is 3. The number of hydrogen-bond donors (Lipinski definition) is 1. The fourth-order valence-corrected chi connectivity index (χ4v) is 5.45. The van der Waals surface area contributed by atoms with E-state index in [4.69, 9.17) is 0 Å². The van der Waals surface area contributed by atoms with E-state index in [-0.39, 0.29) is 23.5 Å². The third kappa shape index (κ3) is 7.63. The summed E-state index contributed by atoms with van der Waals surface area (Å²) in [5.41, 5.74) is 2.03. The average molecular weight is 504 g/mol. The van der Waals surface area contributed by atoms with Gasteiger partial charge in [-0.25, -0.2) is 0 Å². The molecule has 4 rings (SSSR count). The van der Waals surface area contributed by atoms with E-state index >= 15 is 0 Å². The van der Waals surface area contributed by atoms with E-state index < -0.39 is 6.36 Å². The van der Waals surface area contributed by atoms with Crippen LogP contribution in [0.15, 0.2) is 54.6 Å². The van der Waals surface area contributed by atoms with E-state index in [1.54, 1.807) is 12.1 Å². The Kier molecular flexibility index (Phi) is 8.77. The Bertz CT molecular complexity index is 978. The molecule has 2 unspecified atom stereocenters. The first-order valence-electron chi connectivity index (χ1n) is 12.9. The Hall–Kier alpha value is -2.74. The monoisotopic (exact) mass is 503 g/mol. The molecule has 2 aliphatic rings. The summed E-state index contributed by atoms with van der Waals surface area (Å²) in [6, 6.07) is 16.6. The second-order valence-corrected chi connectivity index (χ2v) is 10.1. The molecular formula is C28H36F3N3O2. The number of nitrogens with one attached hydrogen (secondary N) is 1. The highest BCUT2D eigenvalue weighted by atomic mass is 19.4. The fourth-order valence-electron chi connectivity index (χ4n) is 5.45. The molecule has 2 heterocycles. The Morgan fingerprint density at radius 3 is 2.47 bits per heavy atom. The lowest BCUT2D eigenvalue weighted by atomic mass is 9.85. The van der Waals surface area contributed by atoms with Crippen molar-refractivity contribution in [3.8, 4) is 5.75 Å². The zero-order valence-electron chi connectivity index (χ0n) is 20.8. The fraction of sp³-hybridized carbons (Fsp3) is 0.536. The number of amides is 1. The van der Waals surface area contributed by atoms with Crippen LogP contribution in [0.5, 0.6) is 5.75 Å². The maximum Gasteiger partial charge on any atom is 0.573 e. The Morgan fingerprint density at radius 1 is 1.03 bits per heavy atom. The highest BCUT2D eigenvalue weighted by Crippen LogP contribution is 2.31. The molecule has 5 nitrogen and oxygen atoms in total. The predicted octanol–water partition coefficient (Wildman–Crippen LogP) is 5.47. The van der Waals surface area contributed by atoms with Crippen LogP contribution in [0.1, 0.15) is 38.2 Å². The van der Waals surface area contributed by atoms with Gasteiger partial charge in [0.2, 0.25) is 5.91 Å². The van der Waals surface area contributed by atoms with E-state index in [0.717, 1.165) is 38.9 Å². The van der Waals surface area contributed by atoms with Crippen molar-refractivity contribution in [2.75, 3.05) is 37.6 Å². The number of carbonyl (C=O) groups is 1. The molecule has 2 saturated heterocycles. The molecule has 196 valence electrons. The van der Waals surface area contributed by atoms with Gasteiger partial charge in [-0.3, -0.25) is 9.69 Å². The third-order valence-corrected chi connectivity index (χ3v) is 7.47. The quantitative estimate of drug-likeness (QED) is 0.519. The standard InChI is InChI=1S/C28H36F3N3O2/c1-21-19-34(24-8-5-9-25(18-24)36-28(29,30)31)17-13-26(21)27(35)32-14-10-22-11-15-33(16-12-22)20-23-6-3-2-4-7-23/h2-9,18,21-22,26H,10-17,19-20H2,1H3,(H,32,35). The lowest BCUT2D eigenvalue weighted by Crippen LogP contribution is -2.46. The van der Waals surface area contributed by atoms with Crippen LogP contribution in [0.25, 0.3) is 0 Å². The predicted molar refractivity (Wildman–Crippen MR) is 135 cm³/mol. The van der Waals surface area contributed by atoms with Gasteiger partial charge < -0.3 is 15.0 Å². The second kappa shape index (κ2) is 12.0. The van der Waals surface area contributed by atoms with Crippen molar-refractivity contribution < 1.29 is 22.7 Å². The summed E-state index contributed by atoms with van der Waals surface area (Å²) in [4.78, 5) is 17.4. The molecule has 0 radical (unpaired) electrons. The van der Waals surface area contributed by atoms with Gasteiger partial charge in [0, 0.05) is 43.9 Å². The molecule has 2 aromatic rings. The highest BCUT2D eigenvalue weighted by Gasteiger charge is 2.33. The SMILES string of the molecule is CC1CN(c2cccc(OC(F)(F)F)c2)CCC1C(=O)NCCC1CCN(Cc2ccccc2)CC1. The largest absolute Gasteiger partial charge is 0.573 e. The van der Waals surface area contributed by atoms with Crippen molar-refractivity contribution in [2.45, 2.75) is 45.5 Å². The Labute approximate surface area is 211 Å². The normalized spacial score (nSPS) is 21.8. The number of rotatable bonds is 8. The average Bonchev–Trinajstić information content (AvgIpc) is 2.85. The van der Waals surface area contributed by atoms with E-state index in [2.05, 4.69) is 39.2 Å². The van der Waals surface area contributed by atoms with Gasteiger partial charge in [-0.2, -0.15) is 0 Å². The van der Waals surface area contributed by atoms with Crippen molar-refractivity contribution in [1.82, 2.24) is 10.2 Å². The van der Waals surface area contributed by atoms with Gasteiger partial charge in [0.1, 0.15) is 5.75 Å². The summed E-state index contributed by atoms with van der Waals surface area (Å²) in [5.74, 6) is 0.537. The Morgan fingerprint density at radius 2 is 1.78 bits per heavy atom. The number of hydrogen-bond acceptors (Lipinski definition) is 4. The van der Waals surface area contributed by atoms with E-state index in [1.165, 1.54) is 17.7 Å². The Balaban J connectivity index is 1.17. The summed E-state index contributed by atoms with van der Waals surface area (Å²) in [6.07, 6.45) is -0.710. The van der Waals surface area contributed by atoms with Crippen molar-refractivity contribution in [3.05, 3.63) is 60.2 Å². The van der Waals surface area contributed by atoms with Crippen molar-refractivity contribution >= 4 is 11.6 Å². The smallest absolute Gasteiger partial charge is 0.406 e. The van der Waals surface area contributed by atoms with Gasteiger partial charge in [-0.15, -0.1) is 13.2 Å².